The molecule has 0 bridgehead atoms. The summed E-state index contributed by atoms with van der Waals surface area (Å²) >= 11 is 24.0. The molecule has 4 amide bonds. The van der Waals surface area contributed by atoms with Gasteiger partial charge in [0.05, 0.1) is 35.1 Å². The number of imide groups is 2. The summed E-state index contributed by atoms with van der Waals surface area (Å²) in [5, 5.41) is 10.4. The fourth-order valence-electron chi connectivity index (χ4n) is 7.06. The smallest absolute Gasteiger partial charge is 0.254 e. The number of phenolic OH excluding ortho intramolecular Hbond substituents is 1. The Kier molecular flexibility index (Phi) is 7.04. The van der Waals surface area contributed by atoms with Crippen LogP contribution in [0.4, 0.5) is 5.69 Å². The summed E-state index contributed by atoms with van der Waals surface area (Å²) in [6.45, 7) is 3.74. The molecule has 6 atom stereocenters. The van der Waals surface area contributed by atoms with E-state index in [1.54, 1.807) is 30.3 Å². The van der Waals surface area contributed by atoms with Gasteiger partial charge in [0.1, 0.15) is 0 Å². The van der Waals surface area contributed by atoms with Crippen molar-refractivity contribution in [3.63, 3.8) is 0 Å². The number of allylic oxidation sites excluding steroid dienone is 2. The molecular formula is C30H24BrCl3N2O6. The maximum absolute atomic E-state index is 14.1. The highest BCUT2D eigenvalue weighted by Gasteiger charge is 2.76. The highest BCUT2D eigenvalue weighted by molar-refractivity contribution is 9.09. The van der Waals surface area contributed by atoms with E-state index < -0.39 is 51.1 Å². The van der Waals surface area contributed by atoms with E-state index in [9.17, 15) is 24.3 Å². The van der Waals surface area contributed by atoms with Gasteiger partial charge in [-0.1, -0.05) is 64.0 Å². The SMILES string of the molecule is C=Cc1ccc(N2C(=O)[C@H]3[C@H](CC=C4[C@H]3C[C@@]3(Cl)C(=O)N(CBr)C(=O)[C@@]3(Cl)[C@H]4c3cc(Cl)c(O)c(OC)c3)C2=O)cc1. The van der Waals surface area contributed by atoms with Crippen molar-refractivity contribution in [3.8, 4) is 11.5 Å². The first-order chi connectivity index (χ1) is 19.9. The van der Waals surface area contributed by atoms with Gasteiger partial charge >= 0.3 is 0 Å². The van der Waals surface area contributed by atoms with Crippen LogP contribution in [0.3, 0.4) is 0 Å². The first-order valence-electron chi connectivity index (χ1n) is 13.1. The number of amides is 4. The molecule has 0 radical (unpaired) electrons. The first kappa shape index (κ1) is 29.2. The fraction of sp³-hybridized carbons (Fsp3) is 0.333. The van der Waals surface area contributed by atoms with Gasteiger partial charge in [0.15, 0.2) is 21.2 Å². The molecular weight excluding hydrogens is 671 g/mol. The molecule has 2 aliphatic heterocycles. The van der Waals surface area contributed by atoms with E-state index in [-0.39, 0.29) is 40.7 Å². The first-order valence-corrected chi connectivity index (χ1v) is 15.4. The molecule has 2 aliphatic carbocycles. The number of ether oxygens (including phenoxy) is 1. The number of benzene rings is 2. The lowest BCUT2D eigenvalue weighted by molar-refractivity contribution is -0.138. The Hall–Kier alpha value is -2.85. The topological polar surface area (TPSA) is 104 Å². The Balaban J connectivity index is 1.52. The van der Waals surface area contributed by atoms with E-state index in [0.29, 0.717) is 16.8 Å². The third kappa shape index (κ3) is 3.73. The van der Waals surface area contributed by atoms with Crippen LogP contribution < -0.4 is 9.64 Å². The summed E-state index contributed by atoms with van der Waals surface area (Å²) in [5.41, 5.74) is 2.10. The number of hydrogen-bond donors (Lipinski definition) is 1. The maximum Gasteiger partial charge on any atom is 0.254 e. The zero-order chi connectivity index (χ0) is 30.3. The van der Waals surface area contributed by atoms with Crippen molar-refractivity contribution < 1.29 is 29.0 Å². The quantitative estimate of drug-likeness (QED) is 0.189. The Labute approximate surface area is 265 Å². The molecule has 0 aromatic heterocycles. The second-order valence-electron chi connectivity index (χ2n) is 10.8. The van der Waals surface area contributed by atoms with Crippen molar-refractivity contribution >= 4 is 86.1 Å². The van der Waals surface area contributed by atoms with Crippen LogP contribution in [0.2, 0.25) is 5.02 Å². The molecule has 4 aliphatic rings. The van der Waals surface area contributed by atoms with Crippen LogP contribution in [0.15, 0.2) is 54.6 Å². The number of methoxy groups -OCH3 is 1. The van der Waals surface area contributed by atoms with Crippen molar-refractivity contribution in [2.75, 3.05) is 17.5 Å². The van der Waals surface area contributed by atoms with Crippen LogP contribution in [0.25, 0.3) is 6.08 Å². The molecule has 42 heavy (non-hydrogen) atoms. The van der Waals surface area contributed by atoms with Gasteiger partial charge in [-0.3, -0.25) is 29.0 Å². The van der Waals surface area contributed by atoms with Crippen LogP contribution in [0.5, 0.6) is 11.5 Å². The highest BCUT2D eigenvalue weighted by Crippen LogP contribution is 2.66. The highest BCUT2D eigenvalue weighted by atomic mass is 79.9. The van der Waals surface area contributed by atoms with E-state index in [0.717, 1.165) is 10.5 Å². The largest absolute Gasteiger partial charge is 0.503 e. The van der Waals surface area contributed by atoms with Gasteiger partial charge in [0.2, 0.25) is 11.8 Å². The molecule has 3 fully saturated rings. The zero-order valence-corrected chi connectivity index (χ0v) is 26.0. The minimum Gasteiger partial charge on any atom is -0.503 e. The monoisotopic (exact) mass is 692 g/mol. The molecule has 0 spiro atoms. The molecule has 0 unspecified atom stereocenters. The molecule has 12 heteroatoms. The van der Waals surface area contributed by atoms with Gasteiger partial charge in [-0.2, -0.15) is 0 Å². The number of aromatic hydroxyl groups is 1. The number of hydrogen-bond acceptors (Lipinski definition) is 6. The number of anilines is 1. The lowest BCUT2D eigenvalue weighted by atomic mass is 9.56. The molecule has 1 N–H and O–H groups in total. The van der Waals surface area contributed by atoms with Gasteiger partial charge in [-0.25, -0.2) is 0 Å². The molecule has 2 heterocycles. The second-order valence-corrected chi connectivity index (χ2v) is 13.0. The molecule has 2 aromatic carbocycles. The van der Waals surface area contributed by atoms with E-state index in [1.807, 2.05) is 6.08 Å². The number of rotatable bonds is 5. The Morgan fingerprint density at radius 3 is 2.40 bits per heavy atom. The number of carbonyl (C=O) groups is 4. The van der Waals surface area contributed by atoms with Crippen LogP contribution in [0.1, 0.15) is 29.9 Å². The zero-order valence-electron chi connectivity index (χ0n) is 22.2. The van der Waals surface area contributed by atoms with Crippen molar-refractivity contribution in [2.45, 2.75) is 28.5 Å². The van der Waals surface area contributed by atoms with Crippen LogP contribution in [-0.4, -0.2) is 55.9 Å². The average molecular weight is 695 g/mol. The molecule has 218 valence electrons. The molecule has 2 saturated heterocycles. The van der Waals surface area contributed by atoms with Gasteiger partial charge < -0.3 is 9.84 Å². The van der Waals surface area contributed by atoms with Gasteiger partial charge in [-0.15, -0.1) is 23.2 Å². The minimum absolute atomic E-state index is 0.0322. The summed E-state index contributed by atoms with van der Waals surface area (Å²) in [7, 11) is 1.35. The third-order valence-corrected chi connectivity index (χ3v) is 11.2. The number of alkyl halides is 3. The van der Waals surface area contributed by atoms with Crippen LogP contribution >= 0.6 is 50.7 Å². The van der Waals surface area contributed by atoms with E-state index in [2.05, 4.69) is 22.5 Å². The lowest BCUT2D eigenvalue weighted by Gasteiger charge is -2.50. The summed E-state index contributed by atoms with van der Waals surface area (Å²) in [6.07, 6.45) is 3.57. The Morgan fingerprint density at radius 2 is 1.79 bits per heavy atom. The van der Waals surface area contributed by atoms with Crippen molar-refractivity contribution in [1.82, 2.24) is 4.90 Å². The third-order valence-electron chi connectivity index (χ3n) is 9.01. The number of fused-ring (bicyclic) bond motifs is 4. The molecule has 6 rings (SSSR count). The lowest BCUT2D eigenvalue weighted by Crippen LogP contribution is -2.60. The molecule has 1 saturated carbocycles. The fourth-order valence-corrected chi connectivity index (χ4v) is 8.70. The minimum atomic E-state index is -1.99. The average Bonchev–Trinajstić information content (AvgIpc) is 3.32. The Morgan fingerprint density at radius 1 is 1.10 bits per heavy atom. The van der Waals surface area contributed by atoms with E-state index in [4.69, 9.17) is 39.5 Å². The Bertz CT molecular complexity index is 1610. The summed E-state index contributed by atoms with van der Waals surface area (Å²) in [6, 6.07) is 9.84. The van der Waals surface area contributed by atoms with E-state index >= 15 is 0 Å². The number of carbonyl (C=O) groups excluding carboxylic acids is 4. The van der Waals surface area contributed by atoms with E-state index in [1.165, 1.54) is 24.1 Å². The van der Waals surface area contributed by atoms with Crippen molar-refractivity contribution in [3.05, 3.63) is 70.8 Å². The predicted octanol–water partition coefficient (Wildman–Crippen LogP) is 5.61. The number of halogens is 4. The van der Waals surface area contributed by atoms with Crippen molar-refractivity contribution in [2.24, 2.45) is 17.8 Å². The van der Waals surface area contributed by atoms with Crippen molar-refractivity contribution in [1.29, 1.82) is 0 Å². The maximum atomic E-state index is 14.1. The second kappa shape index (κ2) is 10.1. The van der Waals surface area contributed by atoms with Crippen LogP contribution in [-0.2, 0) is 19.2 Å². The number of nitrogens with zero attached hydrogens (tertiary/aromatic N) is 2. The normalized spacial score (nSPS) is 32.0. The number of likely N-dealkylation sites (tertiary alicyclic amines) is 1. The summed E-state index contributed by atoms with van der Waals surface area (Å²) < 4.78 is 5.32. The number of phenols is 1. The standard InChI is InChI=1S/C30H24BrCl3N2O6/c1-3-14-4-6-16(7-5-14)36-25(38)18-9-8-17-19(22(18)26(36)39)12-29(33)27(40)35(13-31)28(41)30(29,34)23(17)15-10-20(32)24(37)21(11-15)42-2/h3-8,10-11,18-19,22-23,37H,1,9,12-13H2,2H3/t18-,19+,22-,23-,29+,30-/m0/s1. The van der Waals surface area contributed by atoms with Gasteiger partial charge in [0.25, 0.3) is 11.8 Å². The van der Waals surface area contributed by atoms with Gasteiger partial charge in [0, 0.05) is 5.92 Å². The summed E-state index contributed by atoms with van der Waals surface area (Å²) in [4.78, 5) is 53.6. The molecule has 8 nitrogen and oxygen atoms in total. The predicted molar refractivity (Wildman–Crippen MR) is 162 cm³/mol. The molecule has 2 aromatic rings. The van der Waals surface area contributed by atoms with Crippen LogP contribution in [0, 0.1) is 17.8 Å². The van der Waals surface area contributed by atoms with Gasteiger partial charge in [-0.05, 0) is 54.2 Å². The summed E-state index contributed by atoms with van der Waals surface area (Å²) in [5.74, 6) is -5.69.